The number of fused-ring (bicyclic) bond motifs is 1. The summed E-state index contributed by atoms with van der Waals surface area (Å²) < 4.78 is 17.0. The quantitative estimate of drug-likeness (QED) is 0.449. The van der Waals surface area contributed by atoms with Crippen LogP contribution in [0.5, 0.6) is 11.6 Å². The smallest absolute Gasteiger partial charge is 0.550 e. The number of aliphatic carboxylic acids is 1. The molecule has 0 fully saturated rings. The Morgan fingerprint density at radius 3 is 2.58 bits per heavy atom. The first-order chi connectivity index (χ1) is 15.6. The fourth-order valence-corrected chi connectivity index (χ4v) is 4.22. The summed E-state index contributed by atoms with van der Waals surface area (Å²) in [6.07, 6.45) is 2.93. The van der Waals surface area contributed by atoms with Crippen LogP contribution in [0.15, 0.2) is 60.8 Å². The van der Waals surface area contributed by atoms with Crippen LogP contribution in [0.4, 0.5) is 0 Å². The Balaban J connectivity index is 0.00000306. The van der Waals surface area contributed by atoms with E-state index in [4.69, 9.17) is 14.2 Å². The Labute approximate surface area is 216 Å². The van der Waals surface area contributed by atoms with E-state index in [1.54, 1.807) is 7.11 Å². The summed E-state index contributed by atoms with van der Waals surface area (Å²) in [5, 5.41) is 11.0. The Bertz CT molecular complexity index is 1070. The van der Waals surface area contributed by atoms with E-state index in [2.05, 4.69) is 23.2 Å². The van der Waals surface area contributed by atoms with Gasteiger partial charge in [-0.15, -0.1) is 0 Å². The molecule has 0 amide bonds. The Hall–Kier alpha value is -2.38. The molecule has 2 atom stereocenters. The van der Waals surface area contributed by atoms with Crippen molar-refractivity contribution in [2.24, 2.45) is 0 Å². The van der Waals surface area contributed by atoms with E-state index < -0.39 is 12.1 Å². The molecule has 0 saturated carbocycles. The van der Waals surface area contributed by atoms with Crippen LogP contribution in [0.25, 0.3) is 11.1 Å². The second kappa shape index (κ2) is 11.7. The number of methoxy groups -OCH3 is 1. The number of hydrogen-bond acceptors (Lipinski definition) is 6. The Morgan fingerprint density at radius 1 is 1.15 bits per heavy atom. The first-order valence-electron chi connectivity index (χ1n) is 10.8. The van der Waals surface area contributed by atoms with Crippen molar-refractivity contribution < 1.29 is 53.7 Å². The van der Waals surface area contributed by atoms with E-state index in [9.17, 15) is 9.90 Å². The number of nitrogens with zero attached hydrogens (tertiary/aromatic N) is 1. The molecular weight excluding hydrogens is 429 g/mol. The van der Waals surface area contributed by atoms with Crippen molar-refractivity contribution in [3.05, 3.63) is 77.5 Å². The molecule has 6 nitrogen and oxygen atoms in total. The van der Waals surface area contributed by atoms with Gasteiger partial charge in [0.05, 0.1) is 13.2 Å². The number of pyridine rings is 1. The molecule has 1 aliphatic rings. The van der Waals surface area contributed by atoms with E-state index in [1.165, 1.54) is 16.7 Å². The van der Waals surface area contributed by atoms with E-state index in [0.29, 0.717) is 12.5 Å². The summed E-state index contributed by atoms with van der Waals surface area (Å²) in [5.41, 5.74) is 5.49. The first kappa shape index (κ1) is 25.2. The first-order valence-corrected chi connectivity index (χ1v) is 10.8. The molecule has 3 aromatic rings. The van der Waals surface area contributed by atoms with Gasteiger partial charge < -0.3 is 24.1 Å². The van der Waals surface area contributed by atoms with Crippen molar-refractivity contribution >= 4 is 5.97 Å². The molecule has 0 bridgehead atoms. The molecule has 2 aromatic carbocycles. The minimum absolute atomic E-state index is 0. The molecule has 166 valence electrons. The third-order valence-electron chi connectivity index (χ3n) is 5.72. The molecule has 1 aliphatic carbocycles. The number of carboxylic acids is 1. The van der Waals surface area contributed by atoms with Crippen LogP contribution in [0.1, 0.15) is 48.7 Å². The second-order valence-corrected chi connectivity index (χ2v) is 7.70. The number of benzene rings is 2. The number of hydrogen-bond donors (Lipinski definition) is 0. The fourth-order valence-electron chi connectivity index (χ4n) is 4.22. The fraction of sp³-hybridized carbons (Fsp3) is 0.308. The van der Waals surface area contributed by atoms with Crippen molar-refractivity contribution in [1.82, 2.24) is 4.98 Å². The summed E-state index contributed by atoms with van der Waals surface area (Å²) in [5.74, 6) is 0.207. The van der Waals surface area contributed by atoms with Gasteiger partial charge in [0, 0.05) is 36.8 Å². The summed E-state index contributed by atoms with van der Waals surface area (Å²) in [4.78, 5) is 15.3. The third-order valence-corrected chi connectivity index (χ3v) is 5.72. The van der Waals surface area contributed by atoms with E-state index in [0.717, 1.165) is 29.7 Å². The summed E-state index contributed by atoms with van der Waals surface area (Å²) in [7, 11) is 1.61. The average molecular weight is 455 g/mol. The van der Waals surface area contributed by atoms with E-state index >= 15 is 0 Å². The molecule has 1 aromatic heterocycles. The van der Waals surface area contributed by atoms with Gasteiger partial charge in [-0.25, -0.2) is 4.98 Å². The molecule has 1 heterocycles. The predicted octanol–water partition coefficient (Wildman–Crippen LogP) is 1.05. The molecule has 7 heteroatoms. The largest absolute Gasteiger partial charge is 1.00 e. The SMILES string of the molecule is CCO[C@@H](CC(=O)[O-])c1ccc(O[C@@H]2CCc3c(-c4ccc(OC)nc4)cccc32)cc1.[Na+]. The Morgan fingerprint density at radius 2 is 1.94 bits per heavy atom. The second-order valence-electron chi connectivity index (χ2n) is 7.70. The number of carbonyl (C=O) groups excluding carboxylic acids is 1. The average Bonchev–Trinajstić information content (AvgIpc) is 3.22. The van der Waals surface area contributed by atoms with Crippen molar-refractivity contribution in [3.63, 3.8) is 0 Å². The van der Waals surface area contributed by atoms with Gasteiger partial charge in [-0.1, -0.05) is 30.3 Å². The molecular formula is C26H26NNaO5. The van der Waals surface area contributed by atoms with Crippen LogP contribution in [-0.2, 0) is 16.0 Å². The van der Waals surface area contributed by atoms with Crippen LogP contribution < -0.4 is 44.1 Å². The summed E-state index contributed by atoms with van der Waals surface area (Å²) in [6.45, 7) is 2.27. The monoisotopic (exact) mass is 455 g/mol. The molecule has 0 aliphatic heterocycles. The van der Waals surface area contributed by atoms with Gasteiger partial charge in [0.1, 0.15) is 11.9 Å². The summed E-state index contributed by atoms with van der Waals surface area (Å²) in [6, 6.07) is 17.6. The van der Waals surface area contributed by atoms with Gasteiger partial charge in [-0.3, -0.25) is 0 Å². The molecule has 0 radical (unpaired) electrons. The maximum absolute atomic E-state index is 11.0. The van der Waals surface area contributed by atoms with Gasteiger partial charge in [-0.2, -0.15) is 0 Å². The van der Waals surface area contributed by atoms with Crippen molar-refractivity contribution in [2.75, 3.05) is 13.7 Å². The van der Waals surface area contributed by atoms with Crippen LogP contribution in [0, 0.1) is 0 Å². The standard InChI is InChI=1S/C26H27NO5.Na/c1-3-31-24(15-26(28)29)17-7-10-19(11-8-17)32-23-13-12-21-20(5-4-6-22(21)23)18-9-14-25(30-2)27-16-18;/h4-11,14,16,23-24H,3,12-13,15H2,1-2H3,(H,28,29);/q;+1/p-1/t23-,24+;/m1./s1. The normalized spacial score (nSPS) is 15.3. The Kier molecular flexibility index (Phi) is 8.92. The molecule has 0 saturated heterocycles. The maximum atomic E-state index is 11.0. The zero-order valence-electron chi connectivity index (χ0n) is 19.2. The number of carbonyl (C=O) groups is 1. The topological polar surface area (TPSA) is 80.7 Å². The van der Waals surface area contributed by atoms with E-state index in [1.807, 2.05) is 49.5 Å². The maximum Gasteiger partial charge on any atom is 1.00 e. The van der Waals surface area contributed by atoms with Crippen LogP contribution in [0.2, 0.25) is 0 Å². The number of rotatable bonds is 9. The zero-order valence-corrected chi connectivity index (χ0v) is 21.2. The van der Waals surface area contributed by atoms with Crippen LogP contribution in [-0.4, -0.2) is 24.7 Å². The van der Waals surface area contributed by atoms with Crippen LogP contribution in [0.3, 0.4) is 0 Å². The van der Waals surface area contributed by atoms with Gasteiger partial charge in [0.2, 0.25) is 5.88 Å². The minimum Gasteiger partial charge on any atom is -0.550 e. The van der Waals surface area contributed by atoms with Gasteiger partial charge in [-0.05, 0) is 60.2 Å². The molecule has 4 rings (SSSR count). The zero-order chi connectivity index (χ0) is 22.5. The number of ether oxygens (including phenoxy) is 3. The summed E-state index contributed by atoms with van der Waals surface area (Å²) >= 11 is 0. The number of carboxylic acid groups (broad SMARTS) is 1. The minimum atomic E-state index is -1.13. The third kappa shape index (κ3) is 5.95. The van der Waals surface area contributed by atoms with E-state index in [-0.39, 0.29) is 42.1 Å². The predicted molar refractivity (Wildman–Crippen MR) is 118 cm³/mol. The van der Waals surface area contributed by atoms with Gasteiger partial charge in [0.25, 0.3) is 0 Å². The van der Waals surface area contributed by atoms with Crippen LogP contribution >= 0.6 is 0 Å². The van der Waals surface area contributed by atoms with Crippen molar-refractivity contribution in [2.45, 2.75) is 38.4 Å². The number of aromatic nitrogens is 1. The van der Waals surface area contributed by atoms with Crippen molar-refractivity contribution in [3.8, 4) is 22.8 Å². The molecule has 0 N–H and O–H groups in total. The van der Waals surface area contributed by atoms with Gasteiger partial charge >= 0.3 is 29.6 Å². The molecule has 0 spiro atoms. The molecule has 0 unspecified atom stereocenters. The van der Waals surface area contributed by atoms with Gasteiger partial charge in [0.15, 0.2) is 0 Å². The molecule has 33 heavy (non-hydrogen) atoms. The van der Waals surface area contributed by atoms with Crippen molar-refractivity contribution in [1.29, 1.82) is 0 Å².